The van der Waals surface area contributed by atoms with E-state index in [1.165, 1.54) is 0 Å². The molecule has 0 radical (unpaired) electrons. The fourth-order valence-corrected chi connectivity index (χ4v) is 2.41. The van der Waals surface area contributed by atoms with Crippen molar-refractivity contribution < 1.29 is 9.47 Å². The van der Waals surface area contributed by atoms with Crippen molar-refractivity contribution in [3.05, 3.63) is 40.9 Å². The van der Waals surface area contributed by atoms with Crippen LogP contribution in [0.4, 0.5) is 17.1 Å². The van der Waals surface area contributed by atoms with Gasteiger partial charge in [-0.25, -0.2) is 0 Å². The Hall–Kier alpha value is -1.88. The van der Waals surface area contributed by atoms with E-state index in [0.29, 0.717) is 18.9 Å². The van der Waals surface area contributed by atoms with Gasteiger partial charge in [-0.3, -0.25) is 0 Å². The molecule has 2 aromatic carbocycles. The Morgan fingerprint density at radius 3 is 2.38 bits per heavy atom. The third-order valence-electron chi connectivity index (χ3n) is 2.82. The maximum absolute atomic E-state index is 5.74. The Balaban J connectivity index is 2.25. The van der Waals surface area contributed by atoms with E-state index in [9.17, 15) is 0 Å². The minimum absolute atomic E-state index is 0.592. The average molecular weight is 351 g/mol. The van der Waals surface area contributed by atoms with Crippen molar-refractivity contribution >= 4 is 33.0 Å². The lowest BCUT2D eigenvalue weighted by Crippen LogP contribution is -2.00. The van der Waals surface area contributed by atoms with Crippen molar-refractivity contribution in [2.45, 2.75) is 13.8 Å². The molecular formula is C16H19BrN2O2. The molecule has 0 saturated heterocycles. The standard InChI is InChI=1S/C16H19BrN2O2/c1-3-20-15-8-6-12(10-16(15)21-4-2)19-14-7-5-11(18)9-13(14)17/h5-10,19H,3-4,18H2,1-2H3. The third-order valence-corrected chi connectivity index (χ3v) is 3.47. The molecule has 5 heteroatoms. The zero-order valence-corrected chi connectivity index (χ0v) is 13.7. The van der Waals surface area contributed by atoms with E-state index < -0.39 is 0 Å². The minimum Gasteiger partial charge on any atom is -0.490 e. The molecule has 0 spiro atoms. The van der Waals surface area contributed by atoms with Crippen molar-refractivity contribution in [1.29, 1.82) is 0 Å². The fourth-order valence-electron chi connectivity index (χ4n) is 1.92. The first-order valence-electron chi connectivity index (χ1n) is 6.85. The molecule has 0 bridgehead atoms. The van der Waals surface area contributed by atoms with Crippen LogP contribution < -0.4 is 20.5 Å². The lowest BCUT2D eigenvalue weighted by molar-refractivity contribution is 0.288. The minimum atomic E-state index is 0.592. The van der Waals surface area contributed by atoms with Crippen molar-refractivity contribution in [2.24, 2.45) is 0 Å². The molecule has 2 aromatic rings. The molecule has 0 fully saturated rings. The number of halogens is 1. The highest BCUT2D eigenvalue weighted by Crippen LogP contribution is 2.33. The Labute approximate surface area is 133 Å². The summed E-state index contributed by atoms with van der Waals surface area (Å²) in [6, 6.07) is 11.4. The summed E-state index contributed by atoms with van der Waals surface area (Å²) in [6.07, 6.45) is 0. The molecule has 0 atom stereocenters. The zero-order valence-electron chi connectivity index (χ0n) is 12.2. The number of hydrogen-bond donors (Lipinski definition) is 2. The van der Waals surface area contributed by atoms with Gasteiger partial charge in [0.15, 0.2) is 11.5 Å². The number of benzene rings is 2. The summed E-state index contributed by atoms with van der Waals surface area (Å²) >= 11 is 3.49. The summed E-state index contributed by atoms with van der Waals surface area (Å²) < 4.78 is 12.1. The molecule has 3 N–H and O–H groups in total. The number of nitrogens with two attached hydrogens (primary N) is 1. The van der Waals surface area contributed by atoms with Gasteiger partial charge in [0.1, 0.15) is 0 Å². The van der Waals surface area contributed by atoms with Crippen LogP contribution in [0.5, 0.6) is 11.5 Å². The zero-order chi connectivity index (χ0) is 15.2. The molecule has 21 heavy (non-hydrogen) atoms. The van der Waals surface area contributed by atoms with Crippen molar-refractivity contribution in [3.8, 4) is 11.5 Å². The van der Waals surface area contributed by atoms with Gasteiger partial charge in [-0.15, -0.1) is 0 Å². The third kappa shape index (κ3) is 4.04. The fraction of sp³-hybridized carbons (Fsp3) is 0.250. The first kappa shape index (κ1) is 15.5. The lowest BCUT2D eigenvalue weighted by atomic mass is 10.2. The van der Waals surface area contributed by atoms with Gasteiger partial charge in [0.2, 0.25) is 0 Å². The van der Waals surface area contributed by atoms with Crippen LogP contribution in [0.2, 0.25) is 0 Å². The highest BCUT2D eigenvalue weighted by atomic mass is 79.9. The van der Waals surface area contributed by atoms with E-state index in [1.54, 1.807) is 0 Å². The van der Waals surface area contributed by atoms with Crippen LogP contribution in [0.1, 0.15) is 13.8 Å². The average Bonchev–Trinajstić information content (AvgIpc) is 2.45. The van der Waals surface area contributed by atoms with Crippen LogP contribution in [0.15, 0.2) is 40.9 Å². The number of anilines is 3. The van der Waals surface area contributed by atoms with E-state index in [1.807, 2.05) is 50.2 Å². The van der Waals surface area contributed by atoms with Gasteiger partial charge in [0.05, 0.1) is 18.9 Å². The molecule has 0 aliphatic rings. The maximum Gasteiger partial charge on any atom is 0.163 e. The Kier molecular flexibility index (Phi) is 5.33. The van der Waals surface area contributed by atoms with Gasteiger partial charge in [-0.05, 0) is 60.1 Å². The highest BCUT2D eigenvalue weighted by Gasteiger charge is 2.07. The Morgan fingerprint density at radius 1 is 1.00 bits per heavy atom. The van der Waals surface area contributed by atoms with Gasteiger partial charge < -0.3 is 20.5 Å². The summed E-state index contributed by atoms with van der Waals surface area (Å²) in [6.45, 7) is 5.10. The molecule has 0 saturated carbocycles. The Morgan fingerprint density at radius 2 is 1.71 bits per heavy atom. The quantitative estimate of drug-likeness (QED) is 0.749. The summed E-state index contributed by atoms with van der Waals surface area (Å²) in [7, 11) is 0. The first-order valence-corrected chi connectivity index (χ1v) is 7.65. The molecule has 0 aromatic heterocycles. The van der Waals surface area contributed by atoms with Crippen LogP contribution in [0.3, 0.4) is 0 Å². The second-order valence-corrected chi connectivity index (χ2v) is 5.25. The monoisotopic (exact) mass is 350 g/mol. The summed E-state index contributed by atoms with van der Waals surface area (Å²) in [5, 5.41) is 3.33. The van der Waals surface area contributed by atoms with E-state index in [2.05, 4.69) is 21.2 Å². The number of ether oxygens (including phenoxy) is 2. The number of nitrogens with one attached hydrogen (secondary N) is 1. The first-order chi connectivity index (χ1) is 10.1. The molecular weight excluding hydrogens is 332 g/mol. The second kappa shape index (κ2) is 7.22. The number of hydrogen-bond acceptors (Lipinski definition) is 4. The second-order valence-electron chi connectivity index (χ2n) is 4.39. The molecule has 2 rings (SSSR count). The van der Waals surface area contributed by atoms with Crippen molar-refractivity contribution in [1.82, 2.24) is 0 Å². The summed E-state index contributed by atoms with van der Waals surface area (Å²) in [5.41, 5.74) is 8.32. The van der Waals surface area contributed by atoms with E-state index >= 15 is 0 Å². The van der Waals surface area contributed by atoms with Crippen LogP contribution in [-0.2, 0) is 0 Å². The topological polar surface area (TPSA) is 56.5 Å². The van der Waals surface area contributed by atoms with Gasteiger partial charge in [0.25, 0.3) is 0 Å². The molecule has 0 heterocycles. The molecule has 0 unspecified atom stereocenters. The predicted molar refractivity (Wildman–Crippen MR) is 90.6 cm³/mol. The van der Waals surface area contributed by atoms with E-state index in [-0.39, 0.29) is 0 Å². The molecule has 0 aliphatic carbocycles. The largest absolute Gasteiger partial charge is 0.490 e. The molecule has 0 amide bonds. The summed E-state index contributed by atoms with van der Waals surface area (Å²) in [4.78, 5) is 0. The van der Waals surface area contributed by atoms with Gasteiger partial charge in [-0.2, -0.15) is 0 Å². The molecule has 112 valence electrons. The summed E-state index contributed by atoms with van der Waals surface area (Å²) in [5.74, 6) is 1.48. The van der Waals surface area contributed by atoms with Crippen LogP contribution in [-0.4, -0.2) is 13.2 Å². The number of nitrogen functional groups attached to an aromatic ring is 1. The van der Waals surface area contributed by atoms with Crippen LogP contribution in [0, 0.1) is 0 Å². The van der Waals surface area contributed by atoms with Gasteiger partial charge in [0, 0.05) is 21.9 Å². The van der Waals surface area contributed by atoms with Crippen molar-refractivity contribution in [3.63, 3.8) is 0 Å². The SMILES string of the molecule is CCOc1ccc(Nc2ccc(N)cc2Br)cc1OCC. The smallest absolute Gasteiger partial charge is 0.163 e. The van der Waals surface area contributed by atoms with Crippen molar-refractivity contribution in [2.75, 3.05) is 24.3 Å². The normalized spacial score (nSPS) is 10.2. The molecule has 0 aliphatic heterocycles. The van der Waals surface area contributed by atoms with Gasteiger partial charge >= 0.3 is 0 Å². The highest BCUT2D eigenvalue weighted by molar-refractivity contribution is 9.10. The van der Waals surface area contributed by atoms with Gasteiger partial charge in [-0.1, -0.05) is 0 Å². The number of rotatable bonds is 6. The van der Waals surface area contributed by atoms with Crippen LogP contribution >= 0.6 is 15.9 Å². The van der Waals surface area contributed by atoms with E-state index in [0.717, 1.165) is 27.3 Å². The lowest BCUT2D eigenvalue weighted by Gasteiger charge is -2.14. The molecule has 4 nitrogen and oxygen atoms in total. The van der Waals surface area contributed by atoms with Crippen LogP contribution in [0.25, 0.3) is 0 Å². The predicted octanol–water partition coefficient (Wildman–Crippen LogP) is 4.57. The maximum atomic E-state index is 5.74. The Bertz CT molecular complexity index is 617. The van der Waals surface area contributed by atoms with E-state index in [4.69, 9.17) is 15.2 Å².